The fourth-order valence-corrected chi connectivity index (χ4v) is 6.47. The number of piperidine rings is 1. The molecule has 5 rings (SSSR count). The fourth-order valence-electron chi connectivity index (χ4n) is 4.38. The van der Waals surface area contributed by atoms with E-state index >= 15 is 0 Å². The van der Waals surface area contributed by atoms with Crippen LogP contribution in [0.1, 0.15) is 44.7 Å². The molecule has 0 atom stereocenters. The lowest BCUT2D eigenvalue weighted by molar-refractivity contribution is 0.0203. The summed E-state index contributed by atoms with van der Waals surface area (Å²) in [5.41, 5.74) is 8.59. The molecule has 1 amide bonds. The first kappa shape index (κ1) is 29.4. The standard InChI is InChI=1S/C29H33N7O4S2/c1-29(2,3)40-28(37)36-14-12-22(13-15-36)35-42(38,39)23-9-7-21(8-10-23)33-27-31-17-20(18-32-27)5-4-19-6-11-24-25(16-19)41-26(30)34-24/h4-11,16-18,22,35H,12-15H2,1-3H3,(H2,30,34)(H,31,32,33)/b5-4+. The number of likely N-dealkylation sites (tertiary alicyclic amines) is 1. The number of sulfonamides is 1. The summed E-state index contributed by atoms with van der Waals surface area (Å²) >= 11 is 1.45. The SMILES string of the molecule is CC(C)(C)OC(=O)N1CCC(NS(=O)(=O)c2ccc(Nc3ncc(/C=C/c4ccc5nc(N)sc5c4)cn3)cc2)CC1. The number of aromatic nitrogens is 3. The number of nitrogens with zero attached hydrogens (tertiary/aromatic N) is 4. The monoisotopic (exact) mass is 607 g/mol. The van der Waals surface area contributed by atoms with Crippen molar-refractivity contribution in [1.29, 1.82) is 0 Å². The number of nitrogens with two attached hydrogens (primary N) is 1. The Balaban J connectivity index is 1.13. The van der Waals surface area contributed by atoms with E-state index in [0.29, 0.717) is 42.7 Å². The minimum Gasteiger partial charge on any atom is -0.444 e. The van der Waals surface area contributed by atoms with Crippen LogP contribution in [-0.2, 0) is 14.8 Å². The van der Waals surface area contributed by atoms with Crippen molar-refractivity contribution in [2.45, 2.75) is 50.2 Å². The van der Waals surface area contributed by atoms with Crippen molar-refractivity contribution in [3.8, 4) is 0 Å². The molecule has 3 heterocycles. The average Bonchev–Trinajstić information content (AvgIpc) is 3.31. The van der Waals surface area contributed by atoms with Crippen LogP contribution >= 0.6 is 11.3 Å². The molecule has 1 fully saturated rings. The molecule has 0 spiro atoms. The Morgan fingerprint density at radius 3 is 2.38 bits per heavy atom. The Bertz CT molecular complexity index is 1690. The summed E-state index contributed by atoms with van der Waals surface area (Å²) in [7, 11) is -3.72. The Labute approximate surface area is 248 Å². The van der Waals surface area contributed by atoms with E-state index < -0.39 is 15.6 Å². The highest BCUT2D eigenvalue weighted by Crippen LogP contribution is 2.25. The maximum Gasteiger partial charge on any atom is 0.410 e. The van der Waals surface area contributed by atoms with E-state index in [1.807, 2.05) is 51.1 Å². The Hall–Kier alpha value is -4.07. The number of rotatable bonds is 7. The van der Waals surface area contributed by atoms with Crippen molar-refractivity contribution in [2.24, 2.45) is 0 Å². The normalized spacial score (nSPS) is 14.9. The second-order valence-corrected chi connectivity index (χ2v) is 13.7. The van der Waals surface area contributed by atoms with Crippen molar-refractivity contribution >= 4 is 66.6 Å². The number of hydrogen-bond acceptors (Lipinski definition) is 10. The second kappa shape index (κ2) is 12.0. The maximum atomic E-state index is 13.0. The van der Waals surface area contributed by atoms with Gasteiger partial charge < -0.3 is 20.7 Å². The van der Waals surface area contributed by atoms with Gasteiger partial charge in [-0.15, -0.1) is 0 Å². The fraction of sp³-hybridized carbons (Fsp3) is 0.310. The molecule has 1 aliphatic rings. The van der Waals surface area contributed by atoms with E-state index in [0.717, 1.165) is 21.3 Å². The molecule has 0 bridgehead atoms. The first-order chi connectivity index (χ1) is 19.9. The molecular weight excluding hydrogens is 574 g/mol. The van der Waals surface area contributed by atoms with Gasteiger partial charge in [0.1, 0.15) is 5.60 Å². The molecular formula is C29H33N7O4S2. The zero-order valence-corrected chi connectivity index (χ0v) is 25.2. The predicted molar refractivity (Wildman–Crippen MR) is 166 cm³/mol. The summed E-state index contributed by atoms with van der Waals surface area (Å²) in [5.74, 6) is 0.388. The van der Waals surface area contributed by atoms with Crippen LogP contribution in [-0.4, -0.2) is 59.1 Å². The lowest BCUT2D eigenvalue weighted by atomic mass is 10.1. The third-order valence-electron chi connectivity index (χ3n) is 6.46. The van der Waals surface area contributed by atoms with Crippen molar-refractivity contribution in [1.82, 2.24) is 24.6 Å². The van der Waals surface area contributed by atoms with Gasteiger partial charge in [-0.25, -0.2) is 32.9 Å². The molecule has 2 aromatic heterocycles. The van der Waals surface area contributed by atoms with E-state index in [-0.39, 0.29) is 17.0 Å². The summed E-state index contributed by atoms with van der Waals surface area (Å²) in [6, 6.07) is 12.1. The Morgan fingerprint density at radius 1 is 1.05 bits per heavy atom. The van der Waals surface area contributed by atoms with E-state index in [2.05, 4.69) is 25.0 Å². The quantitative estimate of drug-likeness (QED) is 0.255. The first-order valence-electron chi connectivity index (χ1n) is 13.5. The average molecular weight is 608 g/mol. The second-order valence-electron chi connectivity index (χ2n) is 11.0. The van der Waals surface area contributed by atoms with E-state index in [1.54, 1.807) is 29.4 Å². The molecule has 0 aliphatic carbocycles. The summed E-state index contributed by atoms with van der Waals surface area (Å²) in [6.45, 7) is 6.31. The zero-order chi connectivity index (χ0) is 29.9. The van der Waals surface area contributed by atoms with Crippen LogP contribution in [0.3, 0.4) is 0 Å². The van der Waals surface area contributed by atoms with Gasteiger partial charge >= 0.3 is 6.09 Å². The molecule has 220 valence electrons. The highest BCUT2D eigenvalue weighted by molar-refractivity contribution is 7.89. The molecule has 0 radical (unpaired) electrons. The molecule has 0 saturated carbocycles. The van der Waals surface area contributed by atoms with Gasteiger partial charge in [0.05, 0.1) is 15.1 Å². The first-order valence-corrected chi connectivity index (χ1v) is 15.8. The van der Waals surface area contributed by atoms with Crippen LogP contribution in [0, 0.1) is 0 Å². The predicted octanol–water partition coefficient (Wildman–Crippen LogP) is 5.26. The maximum absolute atomic E-state index is 13.0. The van der Waals surface area contributed by atoms with Gasteiger partial charge in [-0.05, 0) is 75.6 Å². The van der Waals surface area contributed by atoms with Crippen LogP contribution in [0.5, 0.6) is 0 Å². The molecule has 1 saturated heterocycles. The van der Waals surface area contributed by atoms with Crippen LogP contribution in [0.25, 0.3) is 22.4 Å². The molecule has 42 heavy (non-hydrogen) atoms. The number of hydrogen-bond donors (Lipinski definition) is 3. The van der Waals surface area contributed by atoms with Gasteiger partial charge in [0.25, 0.3) is 0 Å². The lowest BCUT2D eigenvalue weighted by Gasteiger charge is -2.33. The number of amides is 1. The van der Waals surface area contributed by atoms with Crippen molar-refractivity contribution in [3.63, 3.8) is 0 Å². The molecule has 11 nitrogen and oxygen atoms in total. The minimum absolute atomic E-state index is 0.156. The highest BCUT2D eigenvalue weighted by Gasteiger charge is 2.29. The van der Waals surface area contributed by atoms with Crippen molar-refractivity contribution in [2.75, 3.05) is 24.1 Å². The number of nitrogens with one attached hydrogen (secondary N) is 2. The topological polar surface area (TPSA) is 152 Å². The van der Waals surface area contributed by atoms with E-state index in [1.165, 1.54) is 23.5 Å². The summed E-state index contributed by atoms with van der Waals surface area (Å²) < 4.78 is 35.1. The van der Waals surface area contributed by atoms with Gasteiger partial charge in [0.15, 0.2) is 5.13 Å². The van der Waals surface area contributed by atoms with E-state index in [4.69, 9.17) is 10.5 Å². The number of carbonyl (C=O) groups is 1. The third kappa shape index (κ3) is 7.60. The van der Waals surface area contributed by atoms with Crippen LogP contribution in [0.2, 0.25) is 0 Å². The van der Waals surface area contributed by atoms with Gasteiger partial charge in [0, 0.05) is 42.8 Å². The zero-order valence-electron chi connectivity index (χ0n) is 23.6. The van der Waals surface area contributed by atoms with Crippen molar-refractivity contribution < 1.29 is 17.9 Å². The number of fused-ring (bicyclic) bond motifs is 1. The van der Waals surface area contributed by atoms with Crippen LogP contribution < -0.4 is 15.8 Å². The van der Waals surface area contributed by atoms with Crippen LogP contribution in [0.15, 0.2) is 59.8 Å². The Morgan fingerprint density at radius 2 is 1.71 bits per heavy atom. The number of ether oxygens (including phenoxy) is 1. The van der Waals surface area contributed by atoms with Gasteiger partial charge in [0.2, 0.25) is 16.0 Å². The highest BCUT2D eigenvalue weighted by atomic mass is 32.2. The summed E-state index contributed by atoms with van der Waals surface area (Å²) in [5, 5.41) is 3.64. The van der Waals surface area contributed by atoms with Crippen molar-refractivity contribution in [3.05, 3.63) is 66.0 Å². The molecule has 0 unspecified atom stereocenters. The molecule has 1 aliphatic heterocycles. The number of carbonyl (C=O) groups excluding carboxylic acids is 1. The third-order valence-corrected chi connectivity index (χ3v) is 8.84. The summed E-state index contributed by atoms with van der Waals surface area (Å²) in [4.78, 5) is 27.0. The minimum atomic E-state index is -3.72. The van der Waals surface area contributed by atoms with Crippen LogP contribution in [0.4, 0.5) is 21.6 Å². The molecule has 13 heteroatoms. The number of anilines is 3. The van der Waals surface area contributed by atoms with Gasteiger partial charge in [-0.2, -0.15) is 0 Å². The van der Waals surface area contributed by atoms with Gasteiger partial charge in [-0.1, -0.05) is 29.6 Å². The lowest BCUT2D eigenvalue weighted by Crippen LogP contribution is -2.47. The molecule has 2 aromatic carbocycles. The largest absolute Gasteiger partial charge is 0.444 e. The number of benzene rings is 2. The smallest absolute Gasteiger partial charge is 0.410 e. The molecule has 4 aromatic rings. The summed E-state index contributed by atoms with van der Waals surface area (Å²) in [6.07, 6.45) is 7.94. The van der Waals surface area contributed by atoms with E-state index in [9.17, 15) is 13.2 Å². The van der Waals surface area contributed by atoms with Gasteiger partial charge in [-0.3, -0.25) is 0 Å². The Kier molecular flexibility index (Phi) is 8.43. The molecule has 4 N–H and O–H groups in total. The number of thiazole rings is 1. The number of nitrogen functional groups attached to an aromatic ring is 1.